The molecule has 0 atom stereocenters. The second-order valence-electron chi connectivity index (χ2n) is 3.63. The molecule has 0 saturated carbocycles. The molecule has 0 unspecified atom stereocenters. The van der Waals surface area contributed by atoms with Crippen LogP contribution in [0, 0.1) is 6.92 Å². The van der Waals surface area contributed by atoms with Crippen molar-refractivity contribution in [3.63, 3.8) is 0 Å². The maximum atomic E-state index is 4.60. The minimum absolute atomic E-state index is 0.948. The molecular formula is C13H10N2S2. The lowest BCUT2D eigenvalue weighted by atomic mass is 10.3. The zero-order valence-corrected chi connectivity index (χ0v) is 10.9. The fourth-order valence-electron chi connectivity index (χ4n) is 1.63. The Morgan fingerprint density at radius 2 is 2.06 bits per heavy atom. The average Bonchev–Trinajstić information content (AvgIpc) is 2.99. The highest BCUT2D eigenvalue weighted by Crippen LogP contribution is 2.36. The van der Waals surface area contributed by atoms with Crippen molar-refractivity contribution in [1.29, 1.82) is 0 Å². The molecule has 0 amide bonds. The fourth-order valence-corrected chi connectivity index (χ4v) is 3.58. The Morgan fingerprint density at radius 3 is 2.76 bits per heavy atom. The predicted molar refractivity (Wildman–Crippen MR) is 73.4 cm³/mol. The molecule has 17 heavy (non-hydrogen) atoms. The third-order valence-electron chi connectivity index (χ3n) is 2.43. The molecule has 3 heterocycles. The molecular weight excluding hydrogens is 248 g/mol. The second kappa shape index (κ2) is 4.39. The van der Waals surface area contributed by atoms with Crippen molar-refractivity contribution in [2.24, 2.45) is 0 Å². The van der Waals surface area contributed by atoms with E-state index in [1.807, 2.05) is 18.2 Å². The molecule has 4 heteroatoms. The number of rotatable bonds is 2. The van der Waals surface area contributed by atoms with E-state index in [4.69, 9.17) is 0 Å². The van der Waals surface area contributed by atoms with Gasteiger partial charge in [-0.1, -0.05) is 12.1 Å². The van der Waals surface area contributed by atoms with Crippen molar-refractivity contribution >= 4 is 22.7 Å². The lowest BCUT2D eigenvalue weighted by Gasteiger charge is -1.92. The standard InChI is InChI=1S/C13H10N2S2/c1-9-12(11-6-4-8-16-11)17-13(15-9)10-5-2-3-7-14-10/h2-8H,1H3. The van der Waals surface area contributed by atoms with Crippen LogP contribution in [-0.2, 0) is 0 Å². The van der Waals surface area contributed by atoms with Crippen LogP contribution >= 0.6 is 22.7 Å². The maximum Gasteiger partial charge on any atom is 0.142 e. The van der Waals surface area contributed by atoms with Gasteiger partial charge in [-0.3, -0.25) is 4.98 Å². The molecule has 0 N–H and O–H groups in total. The molecule has 3 aromatic rings. The van der Waals surface area contributed by atoms with E-state index in [1.54, 1.807) is 28.9 Å². The van der Waals surface area contributed by atoms with E-state index in [0.29, 0.717) is 0 Å². The first kappa shape index (κ1) is 10.6. The number of thiazole rings is 1. The van der Waals surface area contributed by atoms with Gasteiger partial charge in [-0.25, -0.2) is 4.98 Å². The third-order valence-corrected chi connectivity index (χ3v) is 4.66. The molecule has 2 nitrogen and oxygen atoms in total. The second-order valence-corrected chi connectivity index (χ2v) is 5.57. The van der Waals surface area contributed by atoms with Crippen molar-refractivity contribution in [1.82, 2.24) is 9.97 Å². The van der Waals surface area contributed by atoms with Gasteiger partial charge in [0.2, 0.25) is 0 Å². The van der Waals surface area contributed by atoms with E-state index in [0.717, 1.165) is 16.4 Å². The summed E-state index contributed by atoms with van der Waals surface area (Å²) in [6.45, 7) is 2.05. The Balaban J connectivity index is 2.08. The van der Waals surface area contributed by atoms with Gasteiger partial charge in [0.25, 0.3) is 0 Å². The van der Waals surface area contributed by atoms with Crippen molar-refractivity contribution in [3.8, 4) is 20.5 Å². The lowest BCUT2D eigenvalue weighted by molar-refractivity contribution is 1.23. The zero-order chi connectivity index (χ0) is 11.7. The summed E-state index contributed by atoms with van der Waals surface area (Å²) >= 11 is 3.46. The minimum Gasteiger partial charge on any atom is -0.254 e. The maximum absolute atomic E-state index is 4.60. The van der Waals surface area contributed by atoms with E-state index in [1.165, 1.54) is 9.75 Å². The first-order valence-electron chi connectivity index (χ1n) is 5.27. The summed E-state index contributed by atoms with van der Waals surface area (Å²) in [5, 5.41) is 3.08. The van der Waals surface area contributed by atoms with E-state index in [-0.39, 0.29) is 0 Å². The number of nitrogens with zero attached hydrogens (tertiary/aromatic N) is 2. The molecule has 3 rings (SSSR count). The SMILES string of the molecule is Cc1nc(-c2ccccn2)sc1-c1cccs1. The lowest BCUT2D eigenvalue weighted by Crippen LogP contribution is -1.80. The number of aryl methyl sites for hydroxylation is 1. The number of hydrogen-bond donors (Lipinski definition) is 0. The predicted octanol–water partition coefficient (Wildman–Crippen LogP) is 4.24. The smallest absolute Gasteiger partial charge is 0.142 e. The fraction of sp³-hybridized carbons (Fsp3) is 0.0769. The highest BCUT2D eigenvalue weighted by Gasteiger charge is 2.12. The van der Waals surface area contributed by atoms with Crippen LogP contribution in [0.3, 0.4) is 0 Å². The molecule has 0 fully saturated rings. The number of hydrogen-bond acceptors (Lipinski definition) is 4. The molecule has 0 aliphatic carbocycles. The van der Waals surface area contributed by atoms with Gasteiger partial charge in [-0.2, -0.15) is 0 Å². The number of aromatic nitrogens is 2. The van der Waals surface area contributed by atoms with Crippen LogP contribution in [0.1, 0.15) is 5.69 Å². The monoisotopic (exact) mass is 258 g/mol. The molecule has 3 aromatic heterocycles. The van der Waals surface area contributed by atoms with E-state index < -0.39 is 0 Å². The highest BCUT2D eigenvalue weighted by molar-refractivity contribution is 7.23. The highest BCUT2D eigenvalue weighted by atomic mass is 32.1. The molecule has 0 saturated heterocycles. The van der Waals surface area contributed by atoms with Crippen LogP contribution in [-0.4, -0.2) is 9.97 Å². The summed E-state index contributed by atoms with van der Waals surface area (Å²) in [5.74, 6) is 0. The number of thiophene rings is 1. The van der Waals surface area contributed by atoms with Crippen LogP contribution in [0.2, 0.25) is 0 Å². The van der Waals surface area contributed by atoms with Crippen molar-refractivity contribution in [3.05, 3.63) is 47.6 Å². The summed E-state index contributed by atoms with van der Waals surface area (Å²) in [6, 6.07) is 10.1. The van der Waals surface area contributed by atoms with Crippen molar-refractivity contribution < 1.29 is 0 Å². The first-order valence-corrected chi connectivity index (χ1v) is 6.97. The summed E-state index contributed by atoms with van der Waals surface area (Å²) in [4.78, 5) is 11.5. The van der Waals surface area contributed by atoms with Gasteiger partial charge < -0.3 is 0 Å². The van der Waals surface area contributed by atoms with Crippen LogP contribution in [0.25, 0.3) is 20.5 Å². The van der Waals surface area contributed by atoms with E-state index in [2.05, 4.69) is 34.4 Å². The Hall–Kier alpha value is -1.52. The normalized spacial score (nSPS) is 10.6. The van der Waals surface area contributed by atoms with Crippen LogP contribution in [0.15, 0.2) is 41.9 Å². The Bertz CT molecular complexity index is 612. The van der Waals surface area contributed by atoms with Gasteiger partial charge in [0.1, 0.15) is 5.01 Å². The summed E-state index contributed by atoms with van der Waals surface area (Å²) in [7, 11) is 0. The number of pyridine rings is 1. The minimum atomic E-state index is 0.948. The van der Waals surface area contributed by atoms with Crippen molar-refractivity contribution in [2.75, 3.05) is 0 Å². The van der Waals surface area contributed by atoms with E-state index in [9.17, 15) is 0 Å². The van der Waals surface area contributed by atoms with Gasteiger partial charge in [0.15, 0.2) is 0 Å². The summed E-state index contributed by atoms with van der Waals surface area (Å²) < 4.78 is 0. The molecule has 0 spiro atoms. The molecule has 84 valence electrons. The summed E-state index contributed by atoms with van der Waals surface area (Å²) in [6.07, 6.45) is 1.80. The van der Waals surface area contributed by atoms with Crippen LogP contribution in [0.4, 0.5) is 0 Å². The molecule has 0 radical (unpaired) electrons. The van der Waals surface area contributed by atoms with Gasteiger partial charge in [-0.15, -0.1) is 22.7 Å². The van der Waals surface area contributed by atoms with E-state index >= 15 is 0 Å². The third kappa shape index (κ3) is 2.01. The Morgan fingerprint density at radius 1 is 1.12 bits per heavy atom. The van der Waals surface area contributed by atoms with Gasteiger partial charge in [0, 0.05) is 11.1 Å². The Labute approximate surface area is 108 Å². The molecule has 0 bridgehead atoms. The summed E-state index contributed by atoms with van der Waals surface area (Å²) in [5.41, 5.74) is 2.03. The molecule has 0 aliphatic rings. The average molecular weight is 258 g/mol. The van der Waals surface area contributed by atoms with Crippen LogP contribution in [0.5, 0.6) is 0 Å². The topological polar surface area (TPSA) is 25.8 Å². The van der Waals surface area contributed by atoms with Crippen LogP contribution < -0.4 is 0 Å². The molecule has 0 aliphatic heterocycles. The van der Waals surface area contributed by atoms with Gasteiger partial charge >= 0.3 is 0 Å². The van der Waals surface area contributed by atoms with Gasteiger partial charge in [0.05, 0.1) is 16.3 Å². The largest absolute Gasteiger partial charge is 0.254 e. The van der Waals surface area contributed by atoms with Crippen molar-refractivity contribution in [2.45, 2.75) is 6.92 Å². The first-order chi connectivity index (χ1) is 8.34. The zero-order valence-electron chi connectivity index (χ0n) is 9.25. The van der Waals surface area contributed by atoms with Gasteiger partial charge in [-0.05, 0) is 30.5 Å². The quantitative estimate of drug-likeness (QED) is 0.687. The molecule has 0 aromatic carbocycles. The Kier molecular flexibility index (Phi) is 2.74.